The van der Waals surface area contributed by atoms with Crippen LogP contribution in [0.2, 0.25) is 0 Å². The average molecular weight is 489 g/mol. The lowest BCUT2D eigenvalue weighted by molar-refractivity contribution is -0.155. The number of hydrogen-bond acceptors (Lipinski definition) is 6. The fraction of sp³-hybridized carbons (Fsp3) is 0.741. The molecule has 1 spiro atoms. The Balaban J connectivity index is 1.63. The normalized spacial score (nSPS) is 31.9. The molecule has 1 saturated carbocycles. The van der Waals surface area contributed by atoms with Crippen molar-refractivity contribution in [2.75, 3.05) is 26.3 Å². The van der Waals surface area contributed by atoms with E-state index in [1.54, 1.807) is 17.1 Å². The van der Waals surface area contributed by atoms with Gasteiger partial charge in [-0.25, -0.2) is 0 Å². The van der Waals surface area contributed by atoms with Gasteiger partial charge in [-0.05, 0) is 44.9 Å². The Labute approximate surface area is 208 Å². The molecule has 0 radical (unpaired) electrons. The molecule has 4 fully saturated rings. The van der Waals surface area contributed by atoms with Crippen molar-refractivity contribution in [1.82, 2.24) is 9.80 Å². The molecule has 5 atom stereocenters. The summed E-state index contributed by atoms with van der Waals surface area (Å²) in [5, 5.41) is 9.49. The molecule has 0 aromatic rings. The lowest BCUT2D eigenvalue weighted by Crippen LogP contribution is -2.58. The summed E-state index contributed by atoms with van der Waals surface area (Å²) in [4.78, 5) is 44.6. The topological polar surface area (TPSA) is 96.4 Å². The molecule has 3 aliphatic heterocycles. The van der Waals surface area contributed by atoms with E-state index in [1.807, 2.05) is 4.90 Å². The van der Waals surface area contributed by atoms with Crippen LogP contribution in [0.1, 0.15) is 64.2 Å². The molecule has 2 unspecified atom stereocenters. The molecule has 194 valence electrons. The highest BCUT2D eigenvalue weighted by molar-refractivity contribution is 5.98. The zero-order valence-electron chi connectivity index (χ0n) is 20.7. The van der Waals surface area contributed by atoms with Gasteiger partial charge in [-0.15, -0.1) is 13.2 Å². The fourth-order valence-electron chi connectivity index (χ4n) is 6.79. The Hall–Kier alpha value is -2.19. The van der Waals surface area contributed by atoms with E-state index in [0.717, 1.165) is 32.1 Å². The largest absolute Gasteiger partial charge is 0.465 e. The third-order valence-electron chi connectivity index (χ3n) is 8.28. The summed E-state index contributed by atoms with van der Waals surface area (Å²) >= 11 is 0. The molecule has 0 aromatic heterocycles. The molecule has 8 nitrogen and oxygen atoms in total. The average Bonchev–Trinajstić information content (AvgIpc) is 3.51. The third-order valence-corrected chi connectivity index (χ3v) is 8.28. The van der Waals surface area contributed by atoms with E-state index in [-0.39, 0.29) is 37.6 Å². The van der Waals surface area contributed by atoms with Crippen molar-refractivity contribution in [3.05, 3.63) is 25.3 Å². The molecule has 1 N–H and O–H groups in total. The van der Waals surface area contributed by atoms with Gasteiger partial charge in [-0.2, -0.15) is 0 Å². The van der Waals surface area contributed by atoms with Crippen LogP contribution in [-0.4, -0.2) is 82.8 Å². The zero-order chi connectivity index (χ0) is 25.0. The number of aliphatic hydroxyl groups excluding tert-OH is 1. The molecule has 2 bridgehead atoms. The summed E-state index contributed by atoms with van der Waals surface area (Å²) in [5.41, 5.74) is -1.02. The predicted molar refractivity (Wildman–Crippen MR) is 130 cm³/mol. The first-order chi connectivity index (χ1) is 17.0. The number of amides is 2. The van der Waals surface area contributed by atoms with Crippen LogP contribution in [0, 0.1) is 11.8 Å². The number of ether oxygens (including phenoxy) is 2. The number of allylic oxidation sites excluding steroid dienone is 1. The molecular weight excluding hydrogens is 448 g/mol. The van der Waals surface area contributed by atoms with E-state index in [9.17, 15) is 19.5 Å². The summed E-state index contributed by atoms with van der Waals surface area (Å²) in [6.45, 7) is 8.42. The van der Waals surface area contributed by atoms with Gasteiger partial charge >= 0.3 is 5.97 Å². The van der Waals surface area contributed by atoms with E-state index in [2.05, 4.69) is 13.2 Å². The smallest absolute Gasteiger partial charge is 0.312 e. The van der Waals surface area contributed by atoms with Crippen LogP contribution in [0.15, 0.2) is 25.3 Å². The molecular formula is C27H40N2O6. The van der Waals surface area contributed by atoms with E-state index in [1.165, 1.54) is 6.42 Å². The van der Waals surface area contributed by atoms with E-state index in [4.69, 9.17) is 9.47 Å². The minimum Gasteiger partial charge on any atom is -0.465 e. The van der Waals surface area contributed by atoms with Crippen LogP contribution in [0.25, 0.3) is 0 Å². The van der Waals surface area contributed by atoms with E-state index < -0.39 is 35.6 Å². The maximum atomic E-state index is 14.2. The highest BCUT2D eigenvalue weighted by atomic mass is 16.6. The van der Waals surface area contributed by atoms with Gasteiger partial charge in [0.05, 0.1) is 24.5 Å². The number of likely N-dealkylation sites (tertiary alicyclic amines) is 1. The second-order valence-electron chi connectivity index (χ2n) is 10.3. The van der Waals surface area contributed by atoms with Gasteiger partial charge in [0, 0.05) is 25.7 Å². The highest BCUT2D eigenvalue weighted by Gasteiger charge is 2.75. The Morgan fingerprint density at radius 2 is 1.94 bits per heavy atom. The van der Waals surface area contributed by atoms with Gasteiger partial charge in [0.25, 0.3) is 0 Å². The summed E-state index contributed by atoms with van der Waals surface area (Å²) in [5.74, 6) is -2.18. The van der Waals surface area contributed by atoms with Gasteiger partial charge < -0.3 is 24.4 Å². The maximum absolute atomic E-state index is 14.2. The summed E-state index contributed by atoms with van der Waals surface area (Å²) in [6.07, 6.45) is 11.3. The number of fused-ring (bicyclic) bond motifs is 1. The number of hydrogen-bond donors (Lipinski definition) is 1. The lowest BCUT2D eigenvalue weighted by atomic mass is 9.70. The number of carbonyl (C=O) groups excluding carboxylic acids is 3. The quantitative estimate of drug-likeness (QED) is 0.258. The van der Waals surface area contributed by atoms with Crippen LogP contribution in [0.4, 0.5) is 0 Å². The third kappa shape index (κ3) is 4.67. The van der Waals surface area contributed by atoms with Gasteiger partial charge in [-0.3, -0.25) is 14.4 Å². The van der Waals surface area contributed by atoms with Crippen molar-refractivity contribution in [1.29, 1.82) is 0 Å². The van der Waals surface area contributed by atoms with E-state index >= 15 is 0 Å². The second-order valence-corrected chi connectivity index (χ2v) is 10.3. The predicted octanol–water partition coefficient (Wildman–Crippen LogP) is 2.60. The number of unbranched alkanes of at least 4 members (excludes halogenated alkanes) is 1. The standard InChI is InChI=1S/C27H40N2O6/c1-3-5-9-18-34-26(33)21-20-13-14-27(35-20)22(21)24(31)29(16-10-17-30)23(27)25(32)28(15-4-2)19-11-7-6-8-12-19/h3-4,19-23,30H,1-2,5-18H2/t20-,21+,22+,23?,27?/m1/s1. The fourth-order valence-corrected chi connectivity index (χ4v) is 6.79. The highest BCUT2D eigenvalue weighted by Crippen LogP contribution is 2.59. The van der Waals surface area contributed by atoms with Crippen LogP contribution in [-0.2, 0) is 23.9 Å². The number of rotatable bonds is 12. The molecule has 2 amide bonds. The van der Waals surface area contributed by atoms with Gasteiger partial charge in [0.1, 0.15) is 11.6 Å². The number of carbonyl (C=O) groups is 3. The maximum Gasteiger partial charge on any atom is 0.312 e. The molecule has 4 aliphatic rings. The Morgan fingerprint density at radius 3 is 2.63 bits per heavy atom. The van der Waals surface area contributed by atoms with Crippen LogP contribution in [0.5, 0.6) is 0 Å². The number of nitrogens with zero attached hydrogens (tertiary/aromatic N) is 2. The van der Waals surface area contributed by atoms with Crippen molar-refractivity contribution < 1.29 is 29.0 Å². The second kappa shape index (κ2) is 11.2. The lowest BCUT2D eigenvalue weighted by Gasteiger charge is -2.40. The first kappa shape index (κ1) is 25.9. The van der Waals surface area contributed by atoms with Crippen molar-refractivity contribution in [2.45, 2.75) is 88.0 Å². The number of esters is 1. The molecule has 0 aromatic carbocycles. The molecule has 1 aliphatic carbocycles. The van der Waals surface area contributed by atoms with Gasteiger partial charge in [0.15, 0.2) is 0 Å². The van der Waals surface area contributed by atoms with Gasteiger partial charge in [-0.1, -0.05) is 31.4 Å². The first-order valence-electron chi connectivity index (χ1n) is 13.3. The summed E-state index contributed by atoms with van der Waals surface area (Å²) in [6, 6.07) is -0.680. The number of aliphatic hydroxyl groups is 1. The molecule has 3 saturated heterocycles. The monoisotopic (exact) mass is 488 g/mol. The van der Waals surface area contributed by atoms with Crippen LogP contribution >= 0.6 is 0 Å². The molecule has 8 heteroatoms. The first-order valence-corrected chi connectivity index (χ1v) is 13.3. The molecule has 4 rings (SSSR count). The molecule has 35 heavy (non-hydrogen) atoms. The van der Waals surface area contributed by atoms with Crippen molar-refractivity contribution in [3.63, 3.8) is 0 Å². The summed E-state index contributed by atoms with van der Waals surface area (Å²) < 4.78 is 12.0. The van der Waals surface area contributed by atoms with E-state index in [0.29, 0.717) is 32.2 Å². The van der Waals surface area contributed by atoms with Crippen molar-refractivity contribution in [2.24, 2.45) is 11.8 Å². The Kier molecular flexibility index (Phi) is 8.32. The Bertz CT molecular complexity index is 824. The molecule has 3 heterocycles. The van der Waals surface area contributed by atoms with Crippen molar-refractivity contribution in [3.8, 4) is 0 Å². The zero-order valence-corrected chi connectivity index (χ0v) is 20.7. The van der Waals surface area contributed by atoms with Crippen molar-refractivity contribution >= 4 is 17.8 Å². The van der Waals surface area contributed by atoms with Crippen LogP contribution in [0.3, 0.4) is 0 Å². The SMILES string of the molecule is C=CCCCOC(=O)[C@@H]1[C@H]2C(=O)N(CCCO)C(C(=O)N(CC=C)C3CCCCC3)C23CC[C@H]1O3. The minimum atomic E-state index is -1.02. The Morgan fingerprint density at radius 1 is 1.17 bits per heavy atom. The van der Waals surface area contributed by atoms with Gasteiger partial charge in [0.2, 0.25) is 11.8 Å². The summed E-state index contributed by atoms with van der Waals surface area (Å²) in [7, 11) is 0. The minimum absolute atomic E-state index is 0.0837. The van der Waals surface area contributed by atoms with Crippen LogP contribution < -0.4 is 0 Å².